The zero-order valence-corrected chi connectivity index (χ0v) is 28.5. The molecule has 1 heterocycles. The number of aromatic nitrogens is 1. The third-order valence-electron chi connectivity index (χ3n) is 13.9. The molecule has 0 saturated heterocycles. The fraction of sp³-hybridized carbons (Fsp3) is 0.585. The van der Waals surface area contributed by atoms with Gasteiger partial charge in [-0.25, -0.2) is 4.39 Å². The summed E-state index contributed by atoms with van der Waals surface area (Å²) in [6.07, 6.45) is 12.4. The molecule has 5 aliphatic rings. The summed E-state index contributed by atoms with van der Waals surface area (Å²) >= 11 is 0. The SMILES string of the molecule is C[C@]12CCC(=O)C[C@@H]1CC[C@@H]1[C@@H]2CC[C@]2(C)C(OCCC(=O)NCc3ccc(-c4[nH]c5cc(F)cc6c5c4CCCC6=O)cc3)CC[C@@H]12. The lowest BCUT2D eigenvalue weighted by Crippen LogP contribution is -2.54. The number of fused-ring (bicyclic) bond motifs is 5. The van der Waals surface area contributed by atoms with Gasteiger partial charge < -0.3 is 15.0 Å². The maximum Gasteiger partial charge on any atom is 0.222 e. The lowest BCUT2D eigenvalue weighted by atomic mass is 9.45. The van der Waals surface area contributed by atoms with Crippen molar-refractivity contribution in [3.05, 3.63) is 58.9 Å². The minimum Gasteiger partial charge on any atom is -0.377 e. The Kier molecular flexibility index (Phi) is 8.13. The molecule has 7 heteroatoms. The van der Waals surface area contributed by atoms with Crippen LogP contribution in [0.5, 0.6) is 0 Å². The van der Waals surface area contributed by atoms with Crippen molar-refractivity contribution < 1.29 is 23.5 Å². The lowest BCUT2D eigenvalue weighted by Gasteiger charge is -2.60. The number of hydrogen-bond donors (Lipinski definition) is 2. The smallest absolute Gasteiger partial charge is 0.222 e. The van der Waals surface area contributed by atoms with Gasteiger partial charge >= 0.3 is 0 Å². The number of amides is 1. The average Bonchev–Trinajstić information content (AvgIpc) is 3.55. The van der Waals surface area contributed by atoms with E-state index in [1.54, 1.807) is 0 Å². The van der Waals surface area contributed by atoms with Crippen LogP contribution in [0, 0.1) is 40.3 Å². The first-order valence-corrected chi connectivity index (χ1v) is 18.5. The van der Waals surface area contributed by atoms with Crippen LogP contribution in [0.1, 0.15) is 112 Å². The molecule has 7 atom stereocenters. The van der Waals surface area contributed by atoms with Crippen LogP contribution in [-0.4, -0.2) is 35.2 Å². The lowest BCUT2D eigenvalue weighted by molar-refractivity contribution is -0.145. The molecule has 1 aromatic heterocycles. The summed E-state index contributed by atoms with van der Waals surface area (Å²) in [5, 5.41) is 3.92. The van der Waals surface area contributed by atoms with E-state index in [-0.39, 0.29) is 23.2 Å². The Labute approximate surface area is 283 Å². The summed E-state index contributed by atoms with van der Waals surface area (Å²) in [4.78, 5) is 41.1. The molecule has 3 aromatic rings. The third kappa shape index (κ3) is 5.35. The van der Waals surface area contributed by atoms with Gasteiger partial charge in [-0.1, -0.05) is 38.1 Å². The number of nitrogens with one attached hydrogen (secondary N) is 2. The molecule has 6 nitrogen and oxygen atoms in total. The van der Waals surface area contributed by atoms with Crippen molar-refractivity contribution in [2.75, 3.05) is 6.61 Å². The molecule has 8 rings (SSSR count). The van der Waals surface area contributed by atoms with E-state index in [0.717, 1.165) is 78.1 Å². The molecule has 0 bridgehead atoms. The predicted molar refractivity (Wildman–Crippen MR) is 184 cm³/mol. The second-order valence-corrected chi connectivity index (χ2v) is 16.2. The molecule has 4 saturated carbocycles. The number of H-pyrrole nitrogens is 1. The zero-order valence-electron chi connectivity index (χ0n) is 28.5. The van der Waals surface area contributed by atoms with Crippen LogP contribution in [0.3, 0.4) is 0 Å². The molecule has 2 N–H and O–H groups in total. The number of carbonyl (C=O) groups excluding carboxylic acids is 3. The van der Waals surface area contributed by atoms with E-state index in [1.165, 1.54) is 44.2 Å². The summed E-state index contributed by atoms with van der Waals surface area (Å²) in [7, 11) is 0. The molecule has 0 aliphatic heterocycles. The highest BCUT2D eigenvalue weighted by Gasteiger charge is 2.60. The molecule has 2 aromatic carbocycles. The number of ether oxygens (including phenoxy) is 1. The summed E-state index contributed by atoms with van der Waals surface area (Å²) in [6, 6.07) is 10.9. The minimum absolute atomic E-state index is 0.000534. The second kappa shape index (κ2) is 12.2. The average molecular weight is 653 g/mol. The Morgan fingerprint density at radius 2 is 1.77 bits per heavy atom. The van der Waals surface area contributed by atoms with Crippen LogP contribution in [0.4, 0.5) is 4.39 Å². The van der Waals surface area contributed by atoms with Gasteiger partial charge in [-0.05, 0) is 121 Å². The largest absolute Gasteiger partial charge is 0.377 e. The fourth-order valence-corrected chi connectivity index (χ4v) is 11.3. The molecule has 1 unspecified atom stereocenters. The fourth-order valence-electron chi connectivity index (χ4n) is 11.3. The molecular weight excluding hydrogens is 603 g/mol. The highest BCUT2D eigenvalue weighted by Crippen LogP contribution is 2.66. The van der Waals surface area contributed by atoms with Gasteiger partial charge in [0.2, 0.25) is 5.91 Å². The van der Waals surface area contributed by atoms with Crippen LogP contribution < -0.4 is 5.32 Å². The highest BCUT2D eigenvalue weighted by molar-refractivity contribution is 6.11. The topological polar surface area (TPSA) is 88.3 Å². The number of ketones is 2. The number of Topliss-reactive ketones (excluding diaryl/α,β-unsaturated/α-hetero) is 2. The third-order valence-corrected chi connectivity index (χ3v) is 13.9. The second-order valence-electron chi connectivity index (χ2n) is 16.2. The van der Waals surface area contributed by atoms with Gasteiger partial charge in [0, 0.05) is 54.4 Å². The number of rotatable bonds is 7. The van der Waals surface area contributed by atoms with Crippen molar-refractivity contribution in [2.24, 2.45) is 34.5 Å². The number of carbonyl (C=O) groups is 3. The Hall–Kier alpha value is -3.32. The monoisotopic (exact) mass is 652 g/mol. The van der Waals surface area contributed by atoms with E-state index >= 15 is 0 Å². The van der Waals surface area contributed by atoms with Crippen molar-refractivity contribution in [3.63, 3.8) is 0 Å². The van der Waals surface area contributed by atoms with E-state index in [9.17, 15) is 18.8 Å². The van der Waals surface area contributed by atoms with Gasteiger partial charge in [0.05, 0.1) is 12.7 Å². The van der Waals surface area contributed by atoms with E-state index in [4.69, 9.17) is 4.74 Å². The highest BCUT2D eigenvalue weighted by atomic mass is 19.1. The van der Waals surface area contributed by atoms with Gasteiger partial charge in [-0.2, -0.15) is 0 Å². The van der Waals surface area contributed by atoms with Gasteiger partial charge in [0.15, 0.2) is 5.78 Å². The van der Waals surface area contributed by atoms with Crippen LogP contribution >= 0.6 is 0 Å². The van der Waals surface area contributed by atoms with Gasteiger partial charge in [-0.3, -0.25) is 14.4 Å². The summed E-state index contributed by atoms with van der Waals surface area (Å²) in [5.41, 5.74) is 5.65. The minimum atomic E-state index is -0.399. The first-order valence-electron chi connectivity index (χ1n) is 18.5. The molecule has 0 spiro atoms. The predicted octanol–water partition coefficient (Wildman–Crippen LogP) is 8.50. The van der Waals surface area contributed by atoms with Crippen molar-refractivity contribution in [1.82, 2.24) is 10.3 Å². The number of aromatic amines is 1. The van der Waals surface area contributed by atoms with Crippen molar-refractivity contribution >= 4 is 28.4 Å². The standard InChI is InChI=1S/C41H49FN2O4/c1-40-17-14-28(45)20-26(40)10-11-29-32-12-13-36(41(32,2)18-15-33(29)40)48-19-16-37(47)43-23-24-6-8-25(9-7-24)39-30-4-3-5-35(46)31-21-27(42)22-34(44-39)38(30)31/h6-9,21-22,26,29,32-33,36,44H,3-5,10-20,23H2,1-2H3,(H,43,47)/t26-,29-,32-,33-,36?,40-,41-/m0/s1. The molecule has 0 radical (unpaired) electrons. The summed E-state index contributed by atoms with van der Waals surface area (Å²) in [5.74, 6) is 2.83. The maximum atomic E-state index is 14.3. The Balaban J connectivity index is 0.847. The number of hydrogen-bond acceptors (Lipinski definition) is 4. The number of benzene rings is 2. The molecule has 254 valence electrons. The zero-order chi connectivity index (χ0) is 33.2. The van der Waals surface area contributed by atoms with Crippen molar-refractivity contribution in [2.45, 2.75) is 110 Å². The van der Waals surface area contributed by atoms with Crippen LogP contribution in [0.2, 0.25) is 0 Å². The summed E-state index contributed by atoms with van der Waals surface area (Å²) < 4.78 is 20.8. The van der Waals surface area contributed by atoms with Crippen molar-refractivity contribution in [3.8, 4) is 11.3 Å². The summed E-state index contributed by atoms with van der Waals surface area (Å²) in [6.45, 7) is 5.85. The van der Waals surface area contributed by atoms with Gasteiger partial charge in [-0.15, -0.1) is 0 Å². The van der Waals surface area contributed by atoms with Crippen LogP contribution in [0.25, 0.3) is 22.2 Å². The molecular formula is C41H49FN2O4. The molecule has 4 fully saturated rings. The van der Waals surface area contributed by atoms with Crippen molar-refractivity contribution in [1.29, 1.82) is 0 Å². The van der Waals surface area contributed by atoms with Crippen LogP contribution in [-0.2, 0) is 27.3 Å². The van der Waals surface area contributed by atoms with E-state index in [0.29, 0.717) is 60.1 Å². The molecule has 1 amide bonds. The first-order chi connectivity index (χ1) is 23.1. The Morgan fingerprint density at radius 3 is 2.60 bits per heavy atom. The van der Waals surface area contributed by atoms with Gasteiger partial charge in [0.1, 0.15) is 11.6 Å². The van der Waals surface area contributed by atoms with E-state index in [1.807, 2.05) is 24.3 Å². The number of aryl methyl sites for hydroxylation is 1. The van der Waals surface area contributed by atoms with Gasteiger partial charge in [0.25, 0.3) is 0 Å². The molecule has 5 aliphatic carbocycles. The van der Waals surface area contributed by atoms with E-state index < -0.39 is 5.82 Å². The quantitative estimate of drug-likeness (QED) is 0.268. The van der Waals surface area contributed by atoms with E-state index in [2.05, 4.69) is 24.1 Å². The maximum absolute atomic E-state index is 14.3. The Bertz CT molecular complexity index is 1760. The number of halogens is 1. The molecule has 48 heavy (non-hydrogen) atoms. The van der Waals surface area contributed by atoms with Crippen LogP contribution in [0.15, 0.2) is 36.4 Å². The normalized spacial score (nSPS) is 32.8. The first kappa shape index (κ1) is 31.9. The Morgan fingerprint density at radius 1 is 0.958 bits per heavy atom.